The van der Waals surface area contributed by atoms with Crippen LogP contribution in [0.25, 0.3) is 0 Å². The highest BCUT2D eigenvalue weighted by molar-refractivity contribution is 9.10. The van der Waals surface area contributed by atoms with E-state index in [-0.39, 0.29) is 5.56 Å². The van der Waals surface area contributed by atoms with Gasteiger partial charge in [0.25, 0.3) is 11.6 Å². The van der Waals surface area contributed by atoms with Crippen molar-refractivity contribution in [3.05, 3.63) is 67.9 Å². The van der Waals surface area contributed by atoms with E-state index in [1.165, 1.54) is 0 Å². The van der Waals surface area contributed by atoms with Crippen LogP contribution >= 0.6 is 15.9 Å². The van der Waals surface area contributed by atoms with Crippen molar-refractivity contribution >= 4 is 33.2 Å². The normalized spacial score (nSPS) is 10.2. The maximum absolute atomic E-state index is 13.3. The quantitative estimate of drug-likeness (QED) is 0.668. The zero-order chi connectivity index (χ0) is 15.6. The Morgan fingerprint density at radius 1 is 1.29 bits per heavy atom. The summed E-state index contributed by atoms with van der Waals surface area (Å²) >= 11 is 3.34. The van der Waals surface area contributed by atoms with E-state index in [4.69, 9.17) is 0 Å². The molecule has 21 heavy (non-hydrogen) atoms. The van der Waals surface area contributed by atoms with E-state index >= 15 is 0 Å². The Morgan fingerprint density at radius 2 is 2.00 bits per heavy atom. The highest BCUT2D eigenvalue weighted by Crippen LogP contribution is 2.21. The third-order valence-electron chi connectivity index (χ3n) is 2.77. The largest absolute Gasteiger partial charge is 0.322 e. The Kier molecular flexibility index (Phi) is 4.32. The van der Waals surface area contributed by atoms with Crippen molar-refractivity contribution in [3.8, 4) is 0 Å². The van der Waals surface area contributed by atoms with Gasteiger partial charge in [-0.3, -0.25) is 14.9 Å². The van der Waals surface area contributed by atoms with E-state index in [0.717, 1.165) is 28.2 Å². The maximum atomic E-state index is 13.3. The van der Waals surface area contributed by atoms with Crippen molar-refractivity contribution in [2.75, 3.05) is 5.32 Å². The Hall–Kier alpha value is -2.28. The lowest BCUT2D eigenvalue weighted by Gasteiger charge is -2.07. The van der Waals surface area contributed by atoms with Gasteiger partial charge in [-0.25, -0.2) is 4.39 Å². The lowest BCUT2D eigenvalue weighted by Crippen LogP contribution is -2.12. The topological polar surface area (TPSA) is 72.2 Å². The summed E-state index contributed by atoms with van der Waals surface area (Å²) in [5, 5.41) is 13.2. The number of non-ortho nitro benzene ring substituents is 1. The van der Waals surface area contributed by atoms with Crippen LogP contribution in [0.5, 0.6) is 0 Å². The van der Waals surface area contributed by atoms with E-state index in [2.05, 4.69) is 21.2 Å². The van der Waals surface area contributed by atoms with E-state index in [0.29, 0.717) is 5.69 Å². The SMILES string of the molecule is Cc1cc(NC(=O)c2cc(F)cc([N+](=O)[O-])c2)ccc1Br. The third-order valence-corrected chi connectivity index (χ3v) is 3.66. The number of nitro groups is 1. The van der Waals surface area contributed by atoms with Gasteiger partial charge in [-0.15, -0.1) is 0 Å². The molecule has 0 aliphatic rings. The molecule has 2 aromatic rings. The fraction of sp³-hybridized carbons (Fsp3) is 0.0714. The molecule has 7 heteroatoms. The van der Waals surface area contributed by atoms with E-state index in [9.17, 15) is 19.3 Å². The van der Waals surface area contributed by atoms with Crippen LogP contribution < -0.4 is 5.32 Å². The second kappa shape index (κ2) is 6.01. The Bertz CT molecular complexity index is 734. The number of nitrogens with one attached hydrogen (secondary N) is 1. The monoisotopic (exact) mass is 352 g/mol. The van der Waals surface area contributed by atoms with E-state index in [1.807, 2.05) is 6.92 Å². The zero-order valence-electron chi connectivity index (χ0n) is 10.9. The predicted octanol–water partition coefficient (Wildman–Crippen LogP) is 4.06. The molecule has 0 fully saturated rings. The number of hydrogen-bond acceptors (Lipinski definition) is 3. The van der Waals surface area contributed by atoms with E-state index in [1.54, 1.807) is 18.2 Å². The van der Waals surface area contributed by atoms with Crippen LogP contribution in [0.2, 0.25) is 0 Å². The molecule has 2 aromatic carbocycles. The first-order chi connectivity index (χ1) is 9.86. The average Bonchev–Trinajstić information content (AvgIpc) is 2.42. The highest BCUT2D eigenvalue weighted by Gasteiger charge is 2.15. The van der Waals surface area contributed by atoms with Gasteiger partial charge in [-0.1, -0.05) is 15.9 Å². The van der Waals surface area contributed by atoms with Crippen LogP contribution in [0, 0.1) is 22.9 Å². The van der Waals surface area contributed by atoms with Gasteiger partial charge >= 0.3 is 0 Å². The molecule has 2 rings (SSSR count). The molecule has 0 saturated heterocycles. The molecule has 0 aliphatic carbocycles. The number of carbonyl (C=O) groups is 1. The van der Waals surface area contributed by atoms with Gasteiger partial charge < -0.3 is 5.32 Å². The fourth-order valence-corrected chi connectivity index (χ4v) is 1.98. The number of anilines is 1. The first-order valence-corrected chi connectivity index (χ1v) is 6.68. The lowest BCUT2D eigenvalue weighted by molar-refractivity contribution is -0.385. The van der Waals surface area contributed by atoms with Crippen molar-refractivity contribution < 1.29 is 14.1 Å². The molecule has 1 amide bonds. The smallest absolute Gasteiger partial charge is 0.273 e. The van der Waals surface area contributed by atoms with Crippen LogP contribution in [0.15, 0.2) is 40.9 Å². The second-order valence-corrected chi connectivity index (χ2v) is 5.23. The summed E-state index contributed by atoms with van der Waals surface area (Å²) < 4.78 is 14.2. The molecule has 0 aromatic heterocycles. The number of halogens is 2. The number of nitro benzene ring substituents is 1. The predicted molar refractivity (Wildman–Crippen MR) is 79.9 cm³/mol. The number of carbonyl (C=O) groups excluding carboxylic acids is 1. The van der Waals surface area contributed by atoms with Gasteiger partial charge in [0.1, 0.15) is 5.82 Å². The highest BCUT2D eigenvalue weighted by atomic mass is 79.9. The molecule has 108 valence electrons. The molecule has 0 bridgehead atoms. The molecule has 0 atom stereocenters. The molecule has 0 saturated carbocycles. The van der Waals surface area contributed by atoms with Gasteiger partial charge in [0.05, 0.1) is 11.0 Å². The minimum atomic E-state index is -0.832. The van der Waals surface area contributed by atoms with E-state index < -0.39 is 22.3 Å². The number of nitrogens with zero attached hydrogens (tertiary/aromatic N) is 1. The summed E-state index contributed by atoms with van der Waals surface area (Å²) in [4.78, 5) is 21.9. The van der Waals surface area contributed by atoms with Crippen molar-refractivity contribution in [2.45, 2.75) is 6.92 Å². The summed E-state index contributed by atoms with van der Waals surface area (Å²) in [5.41, 5.74) is 0.861. The second-order valence-electron chi connectivity index (χ2n) is 4.37. The zero-order valence-corrected chi connectivity index (χ0v) is 12.5. The van der Waals surface area contributed by atoms with Gasteiger partial charge in [-0.2, -0.15) is 0 Å². The Labute approximate surface area is 128 Å². The van der Waals surface area contributed by atoms with Crippen LogP contribution in [0.3, 0.4) is 0 Å². The number of rotatable bonds is 3. The van der Waals surface area contributed by atoms with Crippen LogP contribution in [-0.4, -0.2) is 10.8 Å². The summed E-state index contributed by atoms with van der Waals surface area (Å²) in [6.45, 7) is 1.85. The van der Waals surface area contributed by atoms with Gasteiger partial charge in [0.15, 0.2) is 0 Å². The van der Waals surface area contributed by atoms with Crippen molar-refractivity contribution in [1.29, 1.82) is 0 Å². The van der Waals surface area contributed by atoms with Gasteiger partial charge in [0.2, 0.25) is 0 Å². The minimum absolute atomic E-state index is 0.109. The summed E-state index contributed by atoms with van der Waals surface area (Å²) in [6, 6.07) is 7.91. The van der Waals surface area contributed by atoms with Crippen LogP contribution in [0.4, 0.5) is 15.8 Å². The first kappa shape index (κ1) is 15.1. The summed E-state index contributed by atoms with van der Waals surface area (Å²) in [5.74, 6) is -1.44. The summed E-state index contributed by atoms with van der Waals surface area (Å²) in [6.07, 6.45) is 0. The molecular weight excluding hydrogens is 343 g/mol. The van der Waals surface area contributed by atoms with Gasteiger partial charge in [0, 0.05) is 21.8 Å². The van der Waals surface area contributed by atoms with Crippen molar-refractivity contribution in [2.24, 2.45) is 0 Å². The molecule has 0 heterocycles. The molecule has 0 radical (unpaired) electrons. The fourth-order valence-electron chi connectivity index (χ4n) is 1.74. The van der Waals surface area contributed by atoms with Crippen LogP contribution in [-0.2, 0) is 0 Å². The molecule has 5 nitrogen and oxygen atoms in total. The van der Waals surface area contributed by atoms with Crippen molar-refractivity contribution in [1.82, 2.24) is 0 Å². The standard InChI is InChI=1S/C14H10BrFN2O3/c1-8-4-11(2-3-13(8)15)17-14(19)9-5-10(16)7-12(6-9)18(20)21/h2-7H,1H3,(H,17,19). The molecular formula is C14H10BrFN2O3. The Morgan fingerprint density at radius 3 is 2.62 bits per heavy atom. The lowest BCUT2D eigenvalue weighted by atomic mass is 10.1. The first-order valence-electron chi connectivity index (χ1n) is 5.89. The third kappa shape index (κ3) is 3.63. The summed E-state index contributed by atoms with van der Waals surface area (Å²) in [7, 11) is 0. The molecule has 0 aliphatic heterocycles. The van der Waals surface area contributed by atoms with Gasteiger partial charge in [-0.05, 0) is 36.8 Å². The molecule has 0 unspecified atom stereocenters. The average molecular weight is 353 g/mol. The minimum Gasteiger partial charge on any atom is -0.322 e. The molecule has 0 spiro atoms. The Balaban J connectivity index is 2.27. The van der Waals surface area contributed by atoms with Crippen LogP contribution in [0.1, 0.15) is 15.9 Å². The number of benzene rings is 2. The van der Waals surface area contributed by atoms with Crippen molar-refractivity contribution in [3.63, 3.8) is 0 Å². The number of hydrogen-bond donors (Lipinski definition) is 1. The number of amides is 1. The molecule has 1 N–H and O–H groups in total. The maximum Gasteiger partial charge on any atom is 0.273 e. The number of aryl methyl sites for hydroxylation is 1.